The molecule has 2 aromatic heterocycles. The van der Waals surface area contributed by atoms with Gasteiger partial charge < -0.3 is 10.7 Å². The molecule has 110 valence electrons. The van der Waals surface area contributed by atoms with Gasteiger partial charge in [0.1, 0.15) is 5.69 Å². The van der Waals surface area contributed by atoms with Crippen molar-refractivity contribution in [3.05, 3.63) is 52.7 Å². The molecule has 9 nitrogen and oxygen atoms in total. The molecule has 1 aromatic carbocycles. The Kier molecular flexibility index (Phi) is 3.36. The molecule has 4 N–H and O–H groups in total. The number of nitro groups is 1. The number of nitrogens with one attached hydrogen (secondary N) is 2. The molecule has 0 aliphatic rings. The second-order valence-corrected chi connectivity index (χ2v) is 4.39. The molecule has 3 rings (SSSR count). The average Bonchev–Trinajstić information content (AvgIpc) is 3.15. The van der Waals surface area contributed by atoms with E-state index in [1.165, 1.54) is 24.3 Å². The molecule has 2 heterocycles. The zero-order valence-electron chi connectivity index (χ0n) is 11.2. The summed E-state index contributed by atoms with van der Waals surface area (Å²) in [5.41, 5.74) is 8.05. The van der Waals surface area contributed by atoms with Gasteiger partial charge in [0.25, 0.3) is 5.69 Å². The van der Waals surface area contributed by atoms with Crippen LogP contribution in [0.25, 0.3) is 11.4 Å². The van der Waals surface area contributed by atoms with Gasteiger partial charge in [-0.3, -0.25) is 15.2 Å². The summed E-state index contributed by atoms with van der Waals surface area (Å²) >= 11 is 0. The van der Waals surface area contributed by atoms with Gasteiger partial charge in [0.15, 0.2) is 11.5 Å². The third kappa shape index (κ3) is 2.54. The lowest BCUT2D eigenvalue weighted by molar-refractivity contribution is -0.384. The van der Waals surface area contributed by atoms with E-state index in [9.17, 15) is 10.1 Å². The van der Waals surface area contributed by atoms with Crippen molar-refractivity contribution in [2.24, 2.45) is 10.2 Å². The van der Waals surface area contributed by atoms with Crippen molar-refractivity contribution in [1.29, 1.82) is 0 Å². The van der Waals surface area contributed by atoms with Crippen molar-refractivity contribution >= 4 is 22.9 Å². The summed E-state index contributed by atoms with van der Waals surface area (Å²) in [5.74, 6) is 0.218. The summed E-state index contributed by atoms with van der Waals surface area (Å²) in [5, 5.41) is 25.4. The Labute approximate surface area is 124 Å². The van der Waals surface area contributed by atoms with Crippen LogP contribution in [0.5, 0.6) is 0 Å². The molecule has 0 atom stereocenters. The highest BCUT2D eigenvalue weighted by Crippen LogP contribution is 2.33. The van der Waals surface area contributed by atoms with Gasteiger partial charge in [-0.2, -0.15) is 10.2 Å². The van der Waals surface area contributed by atoms with E-state index >= 15 is 0 Å². The zero-order valence-corrected chi connectivity index (χ0v) is 11.2. The smallest absolute Gasteiger partial charge is 0.269 e. The average molecular weight is 297 g/mol. The molecule has 9 heteroatoms. The standard InChI is InChI=1S/C13H11N7O2/c14-13-12(11(17-19-13)10-2-1-7-15-10)18-16-8-3-5-9(6-4-8)20(21)22/h1-7,15H,(H3,14,17,19). The molecule has 22 heavy (non-hydrogen) atoms. The van der Waals surface area contributed by atoms with Crippen molar-refractivity contribution in [3.8, 4) is 11.4 Å². The number of nitrogen functional groups attached to an aromatic ring is 1. The Bertz CT molecular complexity index is 819. The van der Waals surface area contributed by atoms with Gasteiger partial charge in [-0.25, -0.2) is 0 Å². The van der Waals surface area contributed by atoms with Gasteiger partial charge in [0.05, 0.1) is 16.3 Å². The topological polar surface area (TPSA) is 138 Å². The monoisotopic (exact) mass is 297 g/mol. The highest BCUT2D eigenvalue weighted by molar-refractivity contribution is 5.77. The van der Waals surface area contributed by atoms with Gasteiger partial charge in [-0.1, -0.05) is 0 Å². The van der Waals surface area contributed by atoms with Crippen LogP contribution < -0.4 is 5.73 Å². The van der Waals surface area contributed by atoms with Crippen LogP contribution in [0.2, 0.25) is 0 Å². The quantitative estimate of drug-likeness (QED) is 0.386. The third-order valence-electron chi connectivity index (χ3n) is 2.96. The van der Waals surface area contributed by atoms with E-state index in [1.807, 2.05) is 12.1 Å². The number of nitro benzene ring substituents is 1. The second-order valence-electron chi connectivity index (χ2n) is 4.39. The van der Waals surface area contributed by atoms with Crippen molar-refractivity contribution in [2.75, 3.05) is 5.73 Å². The molecule has 3 aromatic rings. The van der Waals surface area contributed by atoms with E-state index in [2.05, 4.69) is 25.4 Å². The number of nitrogens with zero attached hydrogens (tertiary/aromatic N) is 4. The minimum atomic E-state index is -0.474. The maximum atomic E-state index is 10.6. The lowest BCUT2D eigenvalue weighted by Gasteiger charge is -1.96. The first-order valence-electron chi connectivity index (χ1n) is 6.29. The Balaban J connectivity index is 1.90. The number of rotatable bonds is 4. The van der Waals surface area contributed by atoms with Crippen LogP contribution in [0.15, 0.2) is 52.8 Å². The molecule has 0 amide bonds. The van der Waals surface area contributed by atoms with E-state index in [4.69, 9.17) is 5.73 Å². The molecule has 0 saturated heterocycles. The summed E-state index contributed by atoms with van der Waals surface area (Å²) in [6.45, 7) is 0. The fraction of sp³-hybridized carbons (Fsp3) is 0. The molecule has 0 spiro atoms. The number of azo groups is 1. The van der Waals surface area contributed by atoms with Crippen LogP contribution in [-0.4, -0.2) is 20.1 Å². The van der Waals surface area contributed by atoms with E-state index in [1.54, 1.807) is 6.20 Å². The van der Waals surface area contributed by atoms with Crippen molar-refractivity contribution in [2.45, 2.75) is 0 Å². The molecular formula is C13H11N7O2. The molecule has 0 fully saturated rings. The largest absolute Gasteiger partial charge is 0.380 e. The first-order valence-corrected chi connectivity index (χ1v) is 6.29. The number of H-pyrrole nitrogens is 2. The van der Waals surface area contributed by atoms with Gasteiger partial charge >= 0.3 is 0 Å². The first kappa shape index (κ1) is 13.5. The Morgan fingerprint density at radius 2 is 1.95 bits per heavy atom. The van der Waals surface area contributed by atoms with E-state index in [0.717, 1.165) is 5.69 Å². The lowest BCUT2D eigenvalue weighted by Crippen LogP contribution is -1.85. The van der Waals surface area contributed by atoms with Gasteiger partial charge in [-0.05, 0) is 24.3 Å². The zero-order chi connectivity index (χ0) is 15.5. The summed E-state index contributed by atoms with van der Waals surface area (Å²) in [6, 6.07) is 9.41. The second kappa shape index (κ2) is 5.48. The molecule has 0 unspecified atom stereocenters. The van der Waals surface area contributed by atoms with E-state index in [0.29, 0.717) is 17.1 Å². The fourth-order valence-corrected chi connectivity index (χ4v) is 1.87. The summed E-state index contributed by atoms with van der Waals surface area (Å²) in [6.07, 6.45) is 1.77. The number of anilines is 1. The number of hydrogen-bond donors (Lipinski definition) is 3. The fourth-order valence-electron chi connectivity index (χ4n) is 1.87. The highest BCUT2D eigenvalue weighted by Gasteiger charge is 2.13. The SMILES string of the molecule is Nc1n[nH]c(-c2ccc[nH]2)c1N=Nc1ccc([N+](=O)[O-])cc1. The maximum absolute atomic E-state index is 10.6. The summed E-state index contributed by atoms with van der Waals surface area (Å²) in [7, 11) is 0. The van der Waals surface area contributed by atoms with Crippen LogP contribution in [0.1, 0.15) is 0 Å². The highest BCUT2D eigenvalue weighted by atomic mass is 16.6. The normalized spacial score (nSPS) is 11.1. The lowest BCUT2D eigenvalue weighted by atomic mass is 10.3. The molecule has 0 saturated carbocycles. The number of hydrogen-bond acceptors (Lipinski definition) is 6. The van der Waals surface area contributed by atoms with Crippen molar-refractivity contribution in [1.82, 2.24) is 15.2 Å². The maximum Gasteiger partial charge on any atom is 0.269 e. The summed E-state index contributed by atoms with van der Waals surface area (Å²) in [4.78, 5) is 13.1. The van der Waals surface area contributed by atoms with Crippen molar-refractivity contribution in [3.63, 3.8) is 0 Å². The van der Waals surface area contributed by atoms with E-state index in [-0.39, 0.29) is 11.5 Å². The first-order chi connectivity index (χ1) is 10.6. The number of nitrogens with two attached hydrogens (primary N) is 1. The van der Waals surface area contributed by atoms with Gasteiger partial charge in [0.2, 0.25) is 0 Å². The van der Waals surface area contributed by atoms with Gasteiger partial charge in [0, 0.05) is 18.3 Å². The van der Waals surface area contributed by atoms with Crippen LogP contribution in [0.4, 0.5) is 22.9 Å². The number of aromatic nitrogens is 3. The minimum absolute atomic E-state index is 0.00569. The Morgan fingerprint density at radius 1 is 1.18 bits per heavy atom. The predicted molar refractivity (Wildman–Crippen MR) is 80.1 cm³/mol. The Hall–Kier alpha value is -3.49. The number of aromatic amines is 2. The molecule has 0 aliphatic heterocycles. The van der Waals surface area contributed by atoms with Crippen LogP contribution >= 0.6 is 0 Å². The minimum Gasteiger partial charge on any atom is -0.380 e. The summed E-state index contributed by atoms with van der Waals surface area (Å²) < 4.78 is 0. The Morgan fingerprint density at radius 3 is 2.59 bits per heavy atom. The van der Waals surface area contributed by atoms with Crippen molar-refractivity contribution < 1.29 is 4.92 Å². The van der Waals surface area contributed by atoms with Crippen LogP contribution in [0.3, 0.4) is 0 Å². The predicted octanol–water partition coefficient (Wildman–Crippen LogP) is 3.31. The molecule has 0 radical (unpaired) electrons. The molecular weight excluding hydrogens is 286 g/mol. The molecule has 0 aliphatic carbocycles. The number of benzene rings is 1. The molecule has 0 bridgehead atoms. The number of non-ortho nitro benzene ring substituents is 1. The van der Waals surface area contributed by atoms with E-state index < -0.39 is 4.92 Å². The van der Waals surface area contributed by atoms with Crippen LogP contribution in [-0.2, 0) is 0 Å². The van der Waals surface area contributed by atoms with Crippen LogP contribution in [0, 0.1) is 10.1 Å². The third-order valence-corrected chi connectivity index (χ3v) is 2.96. The van der Waals surface area contributed by atoms with Gasteiger partial charge in [-0.15, -0.1) is 5.11 Å².